The predicted octanol–water partition coefficient (Wildman–Crippen LogP) is 6.66. The molecule has 0 radical (unpaired) electrons. The summed E-state index contributed by atoms with van der Waals surface area (Å²) in [6, 6.07) is 19.8. The smallest absolute Gasteiger partial charge is 0.336 e. The van der Waals surface area contributed by atoms with Gasteiger partial charge < -0.3 is 9.67 Å². The van der Waals surface area contributed by atoms with E-state index in [0.717, 1.165) is 41.9 Å². The zero-order valence-electron chi connectivity index (χ0n) is 19.2. The van der Waals surface area contributed by atoms with Gasteiger partial charge in [-0.2, -0.15) is 0 Å². The van der Waals surface area contributed by atoms with Crippen molar-refractivity contribution in [3.63, 3.8) is 0 Å². The Bertz CT molecular complexity index is 1270. The zero-order valence-corrected chi connectivity index (χ0v) is 19.2. The summed E-state index contributed by atoms with van der Waals surface area (Å²) < 4.78 is 2.34. The lowest BCUT2D eigenvalue weighted by molar-refractivity contribution is 0.0697. The number of hydrogen-bond donors (Lipinski definition) is 1. The lowest BCUT2D eigenvalue weighted by Crippen LogP contribution is -2.09. The third-order valence-corrected chi connectivity index (χ3v) is 6.43. The van der Waals surface area contributed by atoms with Crippen LogP contribution in [0.1, 0.15) is 53.1 Å². The van der Waals surface area contributed by atoms with E-state index >= 15 is 0 Å². The first-order valence-corrected chi connectivity index (χ1v) is 11.2. The van der Waals surface area contributed by atoms with Crippen molar-refractivity contribution in [1.29, 1.82) is 0 Å². The number of carboxylic acids is 1. The molecular formula is C28H30N2O2. The number of carboxylic acid groups (broad SMARTS) is 1. The van der Waals surface area contributed by atoms with E-state index in [4.69, 9.17) is 4.98 Å². The molecular weight excluding hydrogens is 396 g/mol. The van der Waals surface area contributed by atoms with Gasteiger partial charge in [0, 0.05) is 13.0 Å². The third-order valence-electron chi connectivity index (χ3n) is 6.43. The van der Waals surface area contributed by atoms with Gasteiger partial charge in [0.1, 0.15) is 5.82 Å². The second kappa shape index (κ2) is 8.99. The highest BCUT2D eigenvalue weighted by Crippen LogP contribution is 2.27. The van der Waals surface area contributed by atoms with Crippen LogP contribution in [0, 0.1) is 19.8 Å². The van der Waals surface area contributed by atoms with Crippen molar-refractivity contribution in [3.8, 4) is 11.1 Å². The number of imidazole rings is 1. The van der Waals surface area contributed by atoms with Crippen LogP contribution in [-0.2, 0) is 13.0 Å². The average molecular weight is 427 g/mol. The molecule has 1 N–H and O–H groups in total. The van der Waals surface area contributed by atoms with Gasteiger partial charge in [0.05, 0.1) is 16.6 Å². The summed E-state index contributed by atoms with van der Waals surface area (Å²) in [5, 5.41) is 9.51. The van der Waals surface area contributed by atoms with Gasteiger partial charge >= 0.3 is 5.97 Å². The number of rotatable bonds is 7. The summed E-state index contributed by atoms with van der Waals surface area (Å²) in [5.41, 5.74) is 7.90. The molecule has 0 spiro atoms. The van der Waals surface area contributed by atoms with E-state index in [1.807, 2.05) is 24.3 Å². The SMILES string of the molecule is CCC(C)Cc1nc2cc(C)c(C)cc2n1Cc1ccc(-c2ccccc2C(=O)O)cc1. The maximum atomic E-state index is 11.6. The number of benzene rings is 3. The molecule has 4 heteroatoms. The summed E-state index contributed by atoms with van der Waals surface area (Å²) in [4.78, 5) is 16.6. The first kappa shape index (κ1) is 21.8. The van der Waals surface area contributed by atoms with E-state index < -0.39 is 5.97 Å². The highest BCUT2D eigenvalue weighted by atomic mass is 16.4. The minimum atomic E-state index is -0.907. The van der Waals surface area contributed by atoms with E-state index in [9.17, 15) is 9.90 Å². The lowest BCUT2D eigenvalue weighted by Gasteiger charge is -2.13. The van der Waals surface area contributed by atoms with E-state index in [0.29, 0.717) is 11.5 Å². The van der Waals surface area contributed by atoms with Crippen molar-refractivity contribution in [2.75, 3.05) is 0 Å². The molecule has 0 saturated heterocycles. The van der Waals surface area contributed by atoms with Crippen molar-refractivity contribution in [2.24, 2.45) is 5.92 Å². The molecule has 0 amide bonds. The molecule has 1 aromatic heterocycles. The summed E-state index contributed by atoms with van der Waals surface area (Å²) >= 11 is 0. The standard InChI is InChI=1S/C28H30N2O2/c1-5-18(2)14-27-29-25-15-19(3)20(4)16-26(25)30(27)17-21-10-12-22(13-11-21)23-8-6-7-9-24(23)28(31)32/h6-13,15-16,18H,5,14,17H2,1-4H3,(H,31,32). The monoisotopic (exact) mass is 426 g/mol. The van der Waals surface area contributed by atoms with Gasteiger partial charge in [-0.1, -0.05) is 62.7 Å². The molecule has 164 valence electrons. The molecule has 4 nitrogen and oxygen atoms in total. The van der Waals surface area contributed by atoms with Crippen molar-refractivity contribution in [1.82, 2.24) is 9.55 Å². The summed E-state index contributed by atoms with van der Waals surface area (Å²) in [5.74, 6) is 0.789. The van der Waals surface area contributed by atoms with E-state index in [1.54, 1.807) is 12.1 Å². The Hall–Kier alpha value is -3.40. The summed E-state index contributed by atoms with van der Waals surface area (Å²) in [6.07, 6.45) is 2.08. The van der Waals surface area contributed by atoms with Crippen LogP contribution in [0.4, 0.5) is 0 Å². The van der Waals surface area contributed by atoms with Crippen LogP contribution in [-0.4, -0.2) is 20.6 Å². The zero-order chi connectivity index (χ0) is 22.8. The molecule has 0 aliphatic carbocycles. The molecule has 0 aliphatic heterocycles. The maximum absolute atomic E-state index is 11.6. The van der Waals surface area contributed by atoms with E-state index in [-0.39, 0.29) is 0 Å². The average Bonchev–Trinajstić information content (AvgIpc) is 3.10. The number of nitrogens with zero attached hydrogens (tertiary/aromatic N) is 2. The molecule has 1 heterocycles. The van der Waals surface area contributed by atoms with E-state index in [2.05, 4.69) is 56.5 Å². The molecule has 4 aromatic rings. The van der Waals surface area contributed by atoms with Crippen LogP contribution in [0.2, 0.25) is 0 Å². The molecule has 0 aliphatic rings. The highest BCUT2D eigenvalue weighted by molar-refractivity contribution is 5.96. The van der Waals surface area contributed by atoms with Gasteiger partial charge in [0.15, 0.2) is 0 Å². The Morgan fingerprint density at radius 3 is 2.41 bits per heavy atom. The normalized spacial score (nSPS) is 12.2. The molecule has 1 unspecified atom stereocenters. The minimum absolute atomic E-state index is 0.322. The number of aromatic carboxylic acids is 1. The van der Waals surface area contributed by atoms with Crippen LogP contribution in [0.15, 0.2) is 60.7 Å². The van der Waals surface area contributed by atoms with Crippen LogP contribution >= 0.6 is 0 Å². The number of aryl methyl sites for hydroxylation is 2. The van der Waals surface area contributed by atoms with Gasteiger partial charge in [0.2, 0.25) is 0 Å². The Balaban J connectivity index is 1.71. The number of carbonyl (C=O) groups is 1. The van der Waals surface area contributed by atoms with Crippen LogP contribution in [0.25, 0.3) is 22.2 Å². The Morgan fingerprint density at radius 1 is 1.03 bits per heavy atom. The highest BCUT2D eigenvalue weighted by Gasteiger charge is 2.15. The first-order valence-electron chi connectivity index (χ1n) is 11.2. The summed E-state index contributed by atoms with van der Waals surface area (Å²) in [6.45, 7) is 9.52. The van der Waals surface area contributed by atoms with Gasteiger partial charge in [0.25, 0.3) is 0 Å². The fraction of sp³-hybridized carbons (Fsp3) is 0.286. The Morgan fingerprint density at radius 2 is 1.72 bits per heavy atom. The van der Waals surface area contributed by atoms with Gasteiger partial charge in [-0.25, -0.2) is 9.78 Å². The largest absolute Gasteiger partial charge is 0.478 e. The second-order valence-corrected chi connectivity index (χ2v) is 8.80. The molecule has 0 bridgehead atoms. The quantitative estimate of drug-likeness (QED) is 0.360. The second-order valence-electron chi connectivity index (χ2n) is 8.80. The van der Waals surface area contributed by atoms with E-state index in [1.165, 1.54) is 22.2 Å². The van der Waals surface area contributed by atoms with Gasteiger partial charge in [-0.3, -0.25) is 0 Å². The van der Waals surface area contributed by atoms with Crippen molar-refractivity contribution >= 4 is 17.0 Å². The number of fused-ring (bicyclic) bond motifs is 1. The van der Waals surface area contributed by atoms with Crippen LogP contribution in [0.3, 0.4) is 0 Å². The predicted molar refractivity (Wildman–Crippen MR) is 130 cm³/mol. The topological polar surface area (TPSA) is 55.1 Å². The third kappa shape index (κ3) is 4.31. The van der Waals surface area contributed by atoms with Crippen molar-refractivity contribution < 1.29 is 9.90 Å². The molecule has 32 heavy (non-hydrogen) atoms. The molecule has 1 atom stereocenters. The number of hydrogen-bond acceptors (Lipinski definition) is 2. The van der Waals surface area contributed by atoms with Gasteiger partial charge in [-0.15, -0.1) is 0 Å². The maximum Gasteiger partial charge on any atom is 0.336 e. The fourth-order valence-electron chi connectivity index (χ4n) is 4.11. The molecule has 3 aromatic carbocycles. The van der Waals surface area contributed by atoms with Crippen molar-refractivity contribution in [2.45, 2.75) is 47.1 Å². The summed E-state index contributed by atoms with van der Waals surface area (Å²) in [7, 11) is 0. The minimum Gasteiger partial charge on any atom is -0.478 e. The van der Waals surface area contributed by atoms with Crippen LogP contribution in [0.5, 0.6) is 0 Å². The first-order chi connectivity index (χ1) is 15.4. The van der Waals surface area contributed by atoms with Crippen molar-refractivity contribution in [3.05, 3.63) is 88.7 Å². The molecule has 0 saturated carbocycles. The Labute approximate surface area is 189 Å². The van der Waals surface area contributed by atoms with Crippen LogP contribution < -0.4 is 0 Å². The van der Waals surface area contributed by atoms with Gasteiger partial charge in [-0.05, 0) is 65.8 Å². The fourth-order valence-corrected chi connectivity index (χ4v) is 4.11. The molecule has 0 fully saturated rings. The Kier molecular flexibility index (Phi) is 6.13. The molecule has 4 rings (SSSR count). The lowest BCUT2D eigenvalue weighted by atomic mass is 9.98. The number of aromatic nitrogens is 2.